The molecule has 0 saturated heterocycles. The molecule has 0 bridgehead atoms. The summed E-state index contributed by atoms with van der Waals surface area (Å²) in [4.78, 5) is 0. The van der Waals surface area contributed by atoms with Crippen LogP contribution in [-0.2, 0) is 0 Å². The first-order valence-corrected chi connectivity index (χ1v) is 12.2. The zero-order chi connectivity index (χ0) is 9.83. The van der Waals surface area contributed by atoms with Gasteiger partial charge in [-0.05, 0) is 12.1 Å². The van der Waals surface area contributed by atoms with Crippen molar-refractivity contribution in [3.63, 3.8) is 0 Å². The summed E-state index contributed by atoms with van der Waals surface area (Å²) >= 11 is 6.27. The second-order valence-electron chi connectivity index (χ2n) is 4.88. The molecule has 0 rings (SSSR count). The summed E-state index contributed by atoms with van der Waals surface area (Å²) in [5.74, 6) is 0. The lowest BCUT2D eigenvalue weighted by molar-refractivity contribution is 1.27. The van der Waals surface area contributed by atoms with Gasteiger partial charge in [-0.1, -0.05) is 38.3 Å². The molecule has 0 saturated carbocycles. The maximum Gasteiger partial charge on any atom is 0.150 e. The highest BCUT2D eigenvalue weighted by Gasteiger charge is 2.24. The Morgan fingerprint density at radius 2 is 1.67 bits per heavy atom. The molecule has 0 aromatic rings. The summed E-state index contributed by atoms with van der Waals surface area (Å²) < 4.78 is 0. The molecule has 0 spiro atoms. The first-order chi connectivity index (χ1) is 5.27. The van der Waals surface area contributed by atoms with E-state index in [9.17, 15) is 0 Å². The molecule has 0 aliphatic rings. The van der Waals surface area contributed by atoms with Crippen molar-refractivity contribution >= 4 is 26.5 Å². The van der Waals surface area contributed by atoms with Crippen LogP contribution in [0, 0.1) is 0 Å². The van der Waals surface area contributed by atoms with Crippen molar-refractivity contribution in [2.75, 3.05) is 0 Å². The van der Waals surface area contributed by atoms with E-state index in [0.717, 1.165) is 0 Å². The van der Waals surface area contributed by atoms with E-state index in [0.29, 0.717) is 0 Å². The zero-order valence-corrected chi connectivity index (χ0v) is 11.5. The fourth-order valence-corrected chi connectivity index (χ4v) is 8.05. The maximum atomic E-state index is 6.27. The monoisotopic (exact) mass is 220 g/mol. The molecule has 0 amide bonds. The van der Waals surface area contributed by atoms with E-state index in [4.69, 9.17) is 11.1 Å². The Hall–Kier alpha value is 0.464. The Morgan fingerprint density at radius 3 is 2.00 bits per heavy atom. The molecule has 0 nitrogen and oxygen atoms in total. The van der Waals surface area contributed by atoms with Gasteiger partial charge in [-0.3, -0.25) is 0 Å². The van der Waals surface area contributed by atoms with Crippen LogP contribution < -0.4 is 0 Å². The summed E-state index contributed by atoms with van der Waals surface area (Å²) in [7, 11) is -2.30. The third kappa shape index (κ3) is 7.13. The summed E-state index contributed by atoms with van der Waals surface area (Å²) in [6.07, 6.45) is 2.06. The molecule has 72 valence electrons. The Bertz CT molecular complexity index is 147. The zero-order valence-electron chi connectivity index (χ0n) is 8.78. The number of allylic oxidation sites excluding steroid dienone is 1. The van der Waals surface area contributed by atoms with E-state index < -0.39 is 15.5 Å². The van der Waals surface area contributed by atoms with Crippen molar-refractivity contribution in [3.8, 4) is 0 Å². The van der Waals surface area contributed by atoms with Crippen molar-refractivity contribution in [1.29, 1.82) is 0 Å². The molecule has 0 atom stereocenters. The van der Waals surface area contributed by atoms with Gasteiger partial charge in [0.05, 0.1) is 8.07 Å². The molecule has 12 heavy (non-hydrogen) atoms. The molecule has 0 aliphatic carbocycles. The van der Waals surface area contributed by atoms with Gasteiger partial charge in [0.25, 0.3) is 0 Å². The van der Waals surface area contributed by atoms with Crippen molar-refractivity contribution < 1.29 is 0 Å². The summed E-state index contributed by atoms with van der Waals surface area (Å²) in [6.45, 7) is 13.1. The van der Waals surface area contributed by atoms with Crippen LogP contribution in [0.25, 0.3) is 0 Å². The van der Waals surface area contributed by atoms with Gasteiger partial charge in [0.1, 0.15) is 7.38 Å². The van der Waals surface area contributed by atoms with E-state index in [1.54, 1.807) is 0 Å². The largest absolute Gasteiger partial charge is 0.168 e. The fourth-order valence-electron chi connectivity index (χ4n) is 1.13. The first kappa shape index (κ1) is 12.5. The summed E-state index contributed by atoms with van der Waals surface area (Å²) in [5.41, 5.74) is 0. The standard InChI is InChI=1S/C9H21ClSi2/c1-6-7-11(2,3)8-9-12(4,5)10/h6H,1,7-9H2,2-5H3. The Morgan fingerprint density at radius 1 is 1.17 bits per heavy atom. The third-order valence-corrected chi connectivity index (χ3v) is 7.60. The molecule has 0 heterocycles. The van der Waals surface area contributed by atoms with Gasteiger partial charge in [-0.25, -0.2) is 0 Å². The molecule has 0 aromatic heterocycles. The van der Waals surface area contributed by atoms with E-state index in [2.05, 4.69) is 38.8 Å². The second-order valence-corrected chi connectivity index (χ2v) is 17.1. The molecule has 0 unspecified atom stereocenters. The van der Waals surface area contributed by atoms with Crippen LogP contribution in [0.5, 0.6) is 0 Å². The highest BCUT2D eigenvalue weighted by molar-refractivity contribution is 7.19. The highest BCUT2D eigenvalue weighted by atomic mass is 35.6. The summed E-state index contributed by atoms with van der Waals surface area (Å²) in [6, 6.07) is 3.86. The normalized spacial score (nSPS) is 13.1. The SMILES string of the molecule is C=CC[Si](C)(C)CC[Si](C)(C)Cl. The molecular formula is C9H21ClSi2. The molecule has 0 aromatic carbocycles. The highest BCUT2D eigenvalue weighted by Crippen LogP contribution is 2.25. The Labute approximate surface area is 83.7 Å². The lowest BCUT2D eigenvalue weighted by Gasteiger charge is -2.23. The number of hydrogen-bond acceptors (Lipinski definition) is 0. The average Bonchev–Trinajstić information content (AvgIpc) is 1.83. The van der Waals surface area contributed by atoms with Crippen molar-refractivity contribution in [1.82, 2.24) is 0 Å². The molecule has 0 fully saturated rings. The van der Waals surface area contributed by atoms with Gasteiger partial charge < -0.3 is 0 Å². The topological polar surface area (TPSA) is 0 Å². The molecule has 3 heteroatoms. The van der Waals surface area contributed by atoms with Crippen molar-refractivity contribution in [2.24, 2.45) is 0 Å². The van der Waals surface area contributed by atoms with Crippen LogP contribution in [-0.4, -0.2) is 15.5 Å². The quantitative estimate of drug-likeness (QED) is 0.368. The van der Waals surface area contributed by atoms with Gasteiger partial charge in [-0.2, -0.15) is 11.1 Å². The fraction of sp³-hybridized carbons (Fsp3) is 0.778. The predicted molar refractivity (Wildman–Crippen MR) is 65.4 cm³/mol. The lowest BCUT2D eigenvalue weighted by atomic mass is 10.8. The Kier molecular flexibility index (Phi) is 4.81. The smallest absolute Gasteiger partial charge is 0.150 e. The Balaban J connectivity index is 3.83. The number of hydrogen-bond donors (Lipinski definition) is 0. The van der Waals surface area contributed by atoms with Crippen LogP contribution in [0.1, 0.15) is 0 Å². The van der Waals surface area contributed by atoms with Gasteiger partial charge in [0.2, 0.25) is 0 Å². The lowest BCUT2D eigenvalue weighted by Crippen LogP contribution is -2.28. The van der Waals surface area contributed by atoms with Crippen molar-refractivity contribution in [2.45, 2.75) is 44.3 Å². The first-order valence-electron chi connectivity index (χ1n) is 4.57. The minimum Gasteiger partial charge on any atom is -0.168 e. The minimum atomic E-state index is -1.32. The molecule has 0 aliphatic heterocycles. The predicted octanol–water partition coefficient (Wildman–Crippen LogP) is 4.32. The second kappa shape index (κ2) is 4.63. The third-order valence-electron chi connectivity index (χ3n) is 2.09. The van der Waals surface area contributed by atoms with Gasteiger partial charge >= 0.3 is 0 Å². The van der Waals surface area contributed by atoms with Crippen LogP contribution in [0.4, 0.5) is 0 Å². The van der Waals surface area contributed by atoms with Gasteiger partial charge in [0.15, 0.2) is 0 Å². The van der Waals surface area contributed by atoms with E-state index in [1.807, 2.05) is 0 Å². The maximum absolute atomic E-state index is 6.27. The van der Waals surface area contributed by atoms with Crippen LogP contribution >= 0.6 is 11.1 Å². The van der Waals surface area contributed by atoms with E-state index >= 15 is 0 Å². The average molecular weight is 221 g/mol. The van der Waals surface area contributed by atoms with E-state index in [1.165, 1.54) is 18.1 Å². The molecular weight excluding hydrogens is 200 g/mol. The molecule has 0 N–H and O–H groups in total. The van der Waals surface area contributed by atoms with Crippen LogP contribution in [0.3, 0.4) is 0 Å². The number of rotatable bonds is 5. The summed E-state index contributed by atoms with van der Waals surface area (Å²) in [5, 5.41) is 0. The van der Waals surface area contributed by atoms with E-state index in [-0.39, 0.29) is 0 Å². The van der Waals surface area contributed by atoms with Gasteiger partial charge in [0, 0.05) is 0 Å². The number of halogens is 1. The van der Waals surface area contributed by atoms with Crippen LogP contribution in [0.15, 0.2) is 12.7 Å². The van der Waals surface area contributed by atoms with Gasteiger partial charge in [-0.15, -0.1) is 6.58 Å². The minimum absolute atomic E-state index is 0.981. The van der Waals surface area contributed by atoms with Crippen LogP contribution in [0.2, 0.25) is 44.3 Å². The van der Waals surface area contributed by atoms with Crippen molar-refractivity contribution in [3.05, 3.63) is 12.7 Å². The molecule has 0 radical (unpaired) electrons.